The number of hydrogen-bond donors (Lipinski definition) is 0. The molecule has 0 aromatic carbocycles. The van der Waals surface area contributed by atoms with Gasteiger partial charge in [0.15, 0.2) is 0 Å². The first-order chi connectivity index (χ1) is 6.32. The third-order valence-corrected chi connectivity index (χ3v) is 2.45. The van der Waals surface area contributed by atoms with Crippen molar-refractivity contribution < 1.29 is 0 Å². The van der Waals surface area contributed by atoms with Gasteiger partial charge in [-0.1, -0.05) is 40.7 Å². The first-order valence-electron chi connectivity index (χ1n) is 5.30. The molecule has 1 nitrogen and oxygen atoms in total. The van der Waals surface area contributed by atoms with Crippen molar-refractivity contribution in [2.75, 3.05) is 0 Å². The van der Waals surface area contributed by atoms with Crippen molar-refractivity contribution in [1.82, 2.24) is 4.98 Å². The molecule has 0 atom stereocenters. The lowest BCUT2D eigenvalue weighted by molar-refractivity contribution is 0.562. The average molecular weight is 191 g/mol. The van der Waals surface area contributed by atoms with Crippen LogP contribution in [0.15, 0.2) is 12.1 Å². The second-order valence-electron chi connectivity index (χ2n) is 5.30. The van der Waals surface area contributed by atoms with Gasteiger partial charge in [-0.25, -0.2) is 0 Å². The van der Waals surface area contributed by atoms with Gasteiger partial charge in [0.05, 0.1) is 0 Å². The van der Waals surface area contributed by atoms with E-state index >= 15 is 0 Å². The molecule has 0 N–H and O–H groups in total. The number of hydrogen-bond acceptors (Lipinski definition) is 1. The Labute approximate surface area is 87.6 Å². The topological polar surface area (TPSA) is 12.9 Å². The van der Waals surface area contributed by atoms with Gasteiger partial charge in [0.1, 0.15) is 0 Å². The average Bonchev–Trinajstić information content (AvgIpc) is 2.02. The van der Waals surface area contributed by atoms with Gasteiger partial charge in [0.25, 0.3) is 0 Å². The third kappa shape index (κ3) is 2.34. The van der Waals surface area contributed by atoms with E-state index in [1.807, 2.05) is 0 Å². The molecule has 0 fully saturated rings. The molecule has 0 saturated carbocycles. The maximum atomic E-state index is 4.74. The van der Waals surface area contributed by atoms with Crippen LogP contribution in [0.3, 0.4) is 0 Å². The normalized spacial score (nSPS) is 12.2. The monoisotopic (exact) mass is 191 g/mol. The molecule has 1 aromatic rings. The zero-order chi connectivity index (χ0) is 10.9. The van der Waals surface area contributed by atoms with Gasteiger partial charge in [-0.2, -0.15) is 0 Å². The fourth-order valence-corrected chi connectivity index (χ4v) is 1.55. The predicted octanol–water partition coefficient (Wildman–Crippen LogP) is 3.81. The summed E-state index contributed by atoms with van der Waals surface area (Å²) in [4.78, 5) is 4.74. The molecule has 0 aliphatic carbocycles. The Hall–Kier alpha value is -0.850. The van der Waals surface area contributed by atoms with Crippen molar-refractivity contribution in [3.05, 3.63) is 29.1 Å². The molecule has 0 aliphatic heterocycles. The Balaban J connectivity index is 3.20. The van der Waals surface area contributed by atoms with Crippen LogP contribution >= 0.6 is 0 Å². The van der Waals surface area contributed by atoms with Crippen LogP contribution in [-0.2, 0) is 5.41 Å². The quantitative estimate of drug-likeness (QED) is 0.657. The molecule has 1 aromatic heterocycles. The summed E-state index contributed by atoms with van der Waals surface area (Å²) in [7, 11) is 0. The molecule has 0 saturated heterocycles. The number of aryl methyl sites for hydroxylation is 1. The van der Waals surface area contributed by atoms with Gasteiger partial charge in [-0.15, -0.1) is 0 Å². The molecular formula is C13H21N. The lowest BCUT2D eigenvalue weighted by Crippen LogP contribution is -2.15. The lowest BCUT2D eigenvalue weighted by Gasteiger charge is -2.20. The Morgan fingerprint density at radius 2 is 1.71 bits per heavy atom. The zero-order valence-electron chi connectivity index (χ0n) is 10.2. The van der Waals surface area contributed by atoms with E-state index in [1.165, 1.54) is 17.0 Å². The first-order valence-corrected chi connectivity index (χ1v) is 5.30. The van der Waals surface area contributed by atoms with Crippen LogP contribution in [0.1, 0.15) is 57.5 Å². The van der Waals surface area contributed by atoms with Crippen molar-refractivity contribution in [3.8, 4) is 0 Å². The summed E-state index contributed by atoms with van der Waals surface area (Å²) >= 11 is 0. The van der Waals surface area contributed by atoms with Gasteiger partial charge in [0, 0.05) is 16.8 Å². The number of aromatic nitrogens is 1. The van der Waals surface area contributed by atoms with Crippen LogP contribution in [0, 0.1) is 6.92 Å². The highest BCUT2D eigenvalue weighted by atomic mass is 14.7. The van der Waals surface area contributed by atoms with Crippen molar-refractivity contribution in [2.24, 2.45) is 0 Å². The summed E-state index contributed by atoms with van der Waals surface area (Å²) in [6.45, 7) is 13.1. The number of rotatable bonds is 1. The van der Waals surface area contributed by atoms with Crippen LogP contribution in [0.2, 0.25) is 0 Å². The van der Waals surface area contributed by atoms with E-state index in [4.69, 9.17) is 4.98 Å². The van der Waals surface area contributed by atoms with E-state index in [-0.39, 0.29) is 5.41 Å². The molecule has 0 spiro atoms. The molecule has 0 radical (unpaired) electrons. The minimum Gasteiger partial charge on any atom is -0.257 e. The van der Waals surface area contributed by atoms with Gasteiger partial charge >= 0.3 is 0 Å². The van der Waals surface area contributed by atoms with E-state index in [2.05, 4.69) is 53.7 Å². The minimum atomic E-state index is 0.150. The smallest absolute Gasteiger partial charge is 0.0461 e. The minimum absolute atomic E-state index is 0.150. The third-order valence-electron chi connectivity index (χ3n) is 2.45. The highest BCUT2D eigenvalue weighted by Crippen LogP contribution is 2.24. The molecule has 1 rings (SSSR count). The Kier molecular flexibility index (Phi) is 2.98. The first kappa shape index (κ1) is 11.2. The molecule has 1 heteroatoms. The fraction of sp³-hybridized carbons (Fsp3) is 0.615. The van der Waals surface area contributed by atoms with E-state index in [0.29, 0.717) is 5.92 Å². The summed E-state index contributed by atoms with van der Waals surface area (Å²) in [6.07, 6.45) is 0. The lowest BCUT2D eigenvalue weighted by atomic mass is 9.90. The number of pyridine rings is 1. The molecule has 0 unspecified atom stereocenters. The number of nitrogens with zero attached hydrogens (tertiary/aromatic N) is 1. The molecule has 0 aliphatic rings. The predicted molar refractivity (Wildman–Crippen MR) is 61.8 cm³/mol. The largest absolute Gasteiger partial charge is 0.257 e. The van der Waals surface area contributed by atoms with Crippen LogP contribution in [0.4, 0.5) is 0 Å². The SMILES string of the molecule is Cc1ccc(C(C)(C)C)nc1C(C)C. The highest BCUT2D eigenvalue weighted by Gasteiger charge is 2.17. The maximum Gasteiger partial charge on any atom is 0.0461 e. The van der Waals surface area contributed by atoms with Crippen molar-refractivity contribution in [1.29, 1.82) is 0 Å². The molecular weight excluding hydrogens is 170 g/mol. The fourth-order valence-electron chi connectivity index (χ4n) is 1.55. The summed E-state index contributed by atoms with van der Waals surface area (Å²) in [6, 6.07) is 4.32. The van der Waals surface area contributed by atoms with Crippen LogP contribution < -0.4 is 0 Å². The molecule has 0 bridgehead atoms. The van der Waals surface area contributed by atoms with Gasteiger partial charge in [0.2, 0.25) is 0 Å². The molecule has 14 heavy (non-hydrogen) atoms. The summed E-state index contributed by atoms with van der Waals surface area (Å²) < 4.78 is 0. The Morgan fingerprint density at radius 1 is 1.14 bits per heavy atom. The van der Waals surface area contributed by atoms with Crippen LogP contribution in [-0.4, -0.2) is 4.98 Å². The van der Waals surface area contributed by atoms with E-state index < -0.39 is 0 Å². The Bertz CT molecular complexity index is 318. The molecule has 1 heterocycles. The maximum absolute atomic E-state index is 4.74. The highest BCUT2D eigenvalue weighted by molar-refractivity contribution is 5.26. The van der Waals surface area contributed by atoms with E-state index in [1.54, 1.807) is 0 Å². The summed E-state index contributed by atoms with van der Waals surface area (Å²) in [5.74, 6) is 0.511. The standard InChI is InChI=1S/C13H21N/c1-9(2)12-10(3)7-8-11(14-12)13(4,5)6/h7-9H,1-6H3. The summed E-state index contributed by atoms with van der Waals surface area (Å²) in [5, 5.41) is 0. The molecule has 78 valence electrons. The van der Waals surface area contributed by atoms with Gasteiger partial charge in [-0.05, 0) is 24.5 Å². The zero-order valence-corrected chi connectivity index (χ0v) is 10.2. The second kappa shape index (κ2) is 3.72. The van der Waals surface area contributed by atoms with Crippen LogP contribution in [0.5, 0.6) is 0 Å². The second-order valence-corrected chi connectivity index (χ2v) is 5.30. The molecule has 0 amide bonds. The van der Waals surface area contributed by atoms with Gasteiger partial charge in [-0.3, -0.25) is 4.98 Å². The van der Waals surface area contributed by atoms with Gasteiger partial charge < -0.3 is 0 Å². The van der Waals surface area contributed by atoms with Crippen molar-refractivity contribution in [3.63, 3.8) is 0 Å². The van der Waals surface area contributed by atoms with E-state index in [9.17, 15) is 0 Å². The van der Waals surface area contributed by atoms with Crippen LogP contribution in [0.25, 0.3) is 0 Å². The van der Waals surface area contributed by atoms with E-state index in [0.717, 1.165) is 0 Å². The summed E-state index contributed by atoms with van der Waals surface area (Å²) in [5.41, 5.74) is 3.87. The van der Waals surface area contributed by atoms with Crippen molar-refractivity contribution >= 4 is 0 Å². The van der Waals surface area contributed by atoms with Crippen molar-refractivity contribution in [2.45, 2.75) is 52.9 Å². The Morgan fingerprint density at radius 3 is 2.14 bits per heavy atom.